The number of Topliss-reactive ketones (excluding diaryl/α,β-unsaturated/α-hetero) is 1. The molecule has 1 aromatic carbocycles. The van der Waals surface area contributed by atoms with Crippen LogP contribution in [0.2, 0.25) is 10.0 Å². The third-order valence-electron chi connectivity index (χ3n) is 5.72. The van der Waals surface area contributed by atoms with E-state index in [2.05, 4.69) is 24.0 Å². The van der Waals surface area contributed by atoms with Crippen LogP contribution >= 0.6 is 35.0 Å². The van der Waals surface area contributed by atoms with Crippen molar-refractivity contribution in [1.82, 2.24) is 4.98 Å². The van der Waals surface area contributed by atoms with E-state index in [0.29, 0.717) is 16.1 Å². The van der Waals surface area contributed by atoms with Crippen molar-refractivity contribution >= 4 is 45.9 Å². The van der Waals surface area contributed by atoms with E-state index < -0.39 is 0 Å². The number of ketones is 1. The monoisotopic (exact) mass is 433 g/mol. The highest BCUT2D eigenvalue weighted by Gasteiger charge is 2.41. The fourth-order valence-electron chi connectivity index (χ4n) is 4.20. The molecule has 0 saturated carbocycles. The highest BCUT2D eigenvalue weighted by atomic mass is 35.5. The number of rotatable bonds is 3. The number of fused-ring (bicyclic) bond motifs is 3. The van der Waals surface area contributed by atoms with Crippen LogP contribution < -0.4 is 5.73 Å². The van der Waals surface area contributed by atoms with Crippen molar-refractivity contribution < 1.29 is 4.79 Å². The first-order valence-corrected chi connectivity index (χ1v) is 11.1. The van der Waals surface area contributed by atoms with Gasteiger partial charge in [0.15, 0.2) is 11.0 Å². The highest BCUT2D eigenvalue weighted by Crippen LogP contribution is 2.46. The number of amidine groups is 1. The Balaban J connectivity index is 1.69. The molecule has 2 aromatic rings. The molecule has 0 saturated heterocycles. The molecule has 2 N–H and O–H groups in total. The predicted molar refractivity (Wildman–Crippen MR) is 117 cm³/mol. The number of benzene rings is 1. The minimum Gasteiger partial charge on any atom is -0.379 e. The lowest BCUT2D eigenvalue weighted by Gasteiger charge is -2.37. The summed E-state index contributed by atoms with van der Waals surface area (Å²) in [6.07, 6.45) is 4.98. The first kappa shape index (κ1) is 19.7. The van der Waals surface area contributed by atoms with Crippen LogP contribution in [-0.4, -0.2) is 21.7 Å². The lowest BCUT2D eigenvalue weighted by atomic mass is 9.78. The molecule has 2 heterocycles. The van der Waals surface area contributed by atoms with E-state index in [-0.39, 0.29) is 28.5 Å². The van der Waals surface area contributed by atoms with Crippen molar-refractivity contribution in [2.45, 2.75) is 38.1 Å². The maximum Gasteiger partial charge on any atom is 0.187 e. The number of aryl methyl sites for hydroxylation is 1. The number of thioether (sulfide) groups is 1. The summed E-state index contributed by atoms with van der Waals surface area (Å²) in [5.74, 6) is 1.31. The van der Waals surface area contributed by atoms with Crippen LogP contribution in [0.3, 0.4) is 0 Å². The minimum atomic E-state index is -0.337. The van der Waals surface area contributed by atoms with Gasteiger partial charge in [-0.2, -0.15) is 0 Å². The molecule has 0 radical (unpaired) electrons. The van der Waals surface area contributed by atoms with Gasteiger partial charge in [0, 0.05) is 18.4 Å². The van der Waals surface area contributed by atoms with Gasteiger partial charge >= 0.3 is 0 Å². The first-order chi connectivity index (χ1) is 13.4. The van der Waals surface area contributed by atoms with Gasteiger partial charge < -0.3 is 5.73 Å². The van der Waals surface area contributed by atoms with Gasteiger partial charge in [-0.15, -0.1) is 0 Å². The minimum absolute atomic E-state index is 0.126. The lowest BCUT2D eigenvalue weighted by molar-refractivity contribution is 0.0988. The van der Waals surface area contributed by atoms with Gasteiger partial charge in [-0.25, -0.2) is 4.98 Å². The molecule has 0 fully saturated rings. The third-order valence-corrected chi connectivity index (χ3v) is 7.18. The molecule has 28 heavy (non-hydrogen) atoms. The quantitative estimate of drug-likeness (QED) is 0.687. The van der Waals surface area contributed by atoms with Crippen LogP contribution in [-0.2, 0) is 18.4 Å². The highest BCUT2D eigenvalue weighted by molar-refractivity contribution is 8.13. The van der Waals surface area contributed by atoms with Gasteiger partial charge in [-0.05, 0) is 54.9 Å². The molecule has 0 bridgehead atoms. The predicted octanol–water partition coefficient (Wildman–Crippen LogP) is 5.04. The van der Waals surface area contributed by atoms with Gasteiger partial charge in [0.1, 0.15) is 5.69 Å². The Kier molecular flexibility index (Phi) is 5.43. The molecule has 0 amide bonds. The van der Waals surface area contributed by atoms with Crippen LogP contribution in [0.15, 0.2) is 35.5 Å². The molecule has 1 aliphatic heterocycles. The Morgan fingerprint density at radius 2 is 2.18 bits per heavy atom. The first-order valence-electron chi connectivity index (χ1n) is 9.31. The Hall–Kier alpha value is -1.56. The van der Waals surface area contributed by atoms with Crippen molar-refractivity contribution in [2.75, 3.05) is 5.75 Å². The molecule has 0 spiro atoms. The molecular formula is C21H21Cl2N3OS. The molecule has 4 rings (SSSR count). The zero-order valence-electron chi connectivity index (χ0n) is 15.5. The van der Waals surface area contributed by atoms with Crippen LogP contribution in [0.5, 0.6) is 0 Å². The maximum atomic E-state index is 12.8. The lowest BCUT2D eigenvalue weighted by Crippen LogP contribution is -2.37. The summed E-state index contributed by atoms with van der Waals surface area (Å²) >= 11 is 13.7. The van der Waals surface area contributed by atoms with Crippen LogP contribution in [0.25, 0.3) is 0 Å². The smallest absolute Gasteiger partial charge is 0.187 e. The zero-order valence-corrected chi connectivity index (χ0v) is 17.9. The van der Waals surface area contributed by atoms with Crippen molar-refractivity contribution in [3.05, 3.63) is 62.9 Å². The largest absolute Gasteiger partial charge is 0.379 e. The zero-order chi connectivity index (χ0) is 19.9. The molecule has 7 heteroatoms. The molecule has 2 atom stereocenters. The van der Waals surface area contributed by atoms with Gasteiger partial charge in [0.05, 0.1) is 15.6 Å². The summed E-state index contributed by atoms with van der Waals surface area (Å²) in [7, 11) is 0. The summed E-state index contributed by atoms with van der Waals surface area (Å²) in [6.45, 7) is 2.18. The number of hydrogen-bond donors (Lipinski definition) is 1. The van der Waals surface area contributed by atoms with E-state index in [1.54, 1.807) is 17.8 Å². The van der Waals surface area contributed by atoms with E-state index in [1.165, 1.54) is 17.3 Å². The Labute approximate surface area is 178 Å². The summed E-state index contributed by atoms with van der Waals surface area (Å²) in [6, 6.07) is 7.83. The van der Waals surface area contributed by atoms with Crippen molar-refractivity contribution in [1.29, 1.82) is 0 Å². The number of aliphatic imine (C=N–C) groups is 1. The molecule has 2 aliphatic rings. The summed E-state index contributed by atoms with van der Waals surface area (Å²) in [5.41, 5.74) is 9.43. The summed E-state index contributed by atoms with van der Waals surface area (Å²) in [5, 5.41) is 1.34. The molecular weight excluding hydrogens is 413 g/mol. The van der Waals surface area contributed by atoms with Crippen molar-refractivity contribution in [3.63, 3.8) is 0 Å². The SMILES string of the molecule is C[C@@]12N=C(N)SC[C@@H]1CCCc1ccc(CC(=O)c3ncc(Cl)cc3Cl)cc12. The Morgan fingerprint density at radius 1 is 1.36 bits per heavy atom. The number of pyridine rings is 1. The Morgan fingerprint density at radius 3 is 2.96 bits per heavy atom. The number of halogens is 2. The van der Waals surface area contributed by atoms with E-state index in [0.717, 1.165) is 30.6 Å². The van der Waals surface area contributed by atoms with Crippen LogP contribution in [0, 0.1) is 5.92 Å². The van der Waals surface area contributed by atoms with Gasteiger partial charge in [-0.3, -0.25) is 9.79 Å². The van der Waals surface area contributed by atoms with Gasteiger partial charge in [-0.1, -0.05) is 53.2 Å². The fourth-order valence-corrected chi connectivity index (χ4v) is 5.80. The van der Waals surface area contributed by atoms with Gasteiger partial charge in [0.2, 0.25) is 0 Å². The number of aromatic nitrogens is 1. The third kappa shape index (κ3) is 3.68. The van der Waals surface area contributed by atoms with E-state index in [1.807, 2.05) is 6.07 Å². The molecule has 0 unspecified atom stereocenters. The normalized spacial score (nSPS) is 24.0. The fraction of sp³-hybridized carbons (Fsp3) is 0.381. The Bertz CT molecular complexity index is 978. The number of hydrogen-bond acceptors (Lipinski definition) is 5. The number of nitrogens with zero attached hydrogens (tertiary/aromatic N) is 2. The summed E-state index contributed by atoms with van der Waals surface area (Å²) in [4.78, 5) is 21.7. The average Bonchev–Trinajstić information content (AvgIpc) is 2.77. The molecule has 146 valence electrons. The molecule has 1 aromatic heterocycles. The van der Waals surface area contributed by atoms with E-state index in [9.17, 15) is 4.79 Å². The van der Waals surface area contributed by atoms with Crippen molar-refractivity contribution in [2.24, 2.45) is 16.6 Å². The molecule has 1 aliphatic carbocycles. The van der Waals surface area contributed by atoms with Crippen LogP contribution in [0.1, 0.15) is 46.9 Å². The number of carbonyl (C=O) groups is 1. The van der Waals surface area contributed by atoms with E-state index in [4.69, 9.17) is 33.9 Å². The van der Waals surface area contributed by atoms with Crippen LogP contribution in [0.4, 0.5) is 0 Å². The topological polar surface area (TPSA) is 68.3 Å². The van der Waals surface area contributed by atoms with E-state index >= 15 is 0 Å². The number of carbonyl (C=O) groups excluding carboxylic acids is 1. The second kappa shape index (κ2) is 7.69. The van der Waals surface area contributed by atoms with Crippen molar-refractivity contribution in [3.8, 4) is 0 Å². The second-order valence-corrected chi connectivity index (χ2v) is 9.46. The number of nitrogens with two attached hydrogens (primary N) is 1. The van der Waals surface area contributed by atoms with Gasteiger partial charge in [0.25, 0.3) is 0 Å². The summed E-state index contributed by atoms with van der Waals surface area (Å²) < 4.78 is 0. The molecule has 4 nitrogen and oxygen atoms in total. The maximum absolute atomic E-state index is 12.8. The second-order valence-electron chi connectivity index (χ2n) is 7.57. The average molecular weight is 434 g/mol. The standard InChI is InChI=1S/C21H21Cl2N3OS/c1-21-14(11-28-20(24)26-21)4-2-3-13-6-5-12(7-16(13)21)8-18(27)19-17(23)9-15(22)10-25-19/h5-7,9-10,14H,2-4,8,11H2,1H3,(H2,24,26)/t14-,21+/m0/s1.